The smallest absolute Gasteiger partial charge is 0.408 e. The van der Waals surface area contributed by atoms with Crippen molar-refractivity contribution in [1.82, 2.24) is 20.5 Å². The summed E-state index contributed by atoms with van der Waals surface area (Å²) in [6.45, 7) is 12.6. The highest BCUT2D eigenvalue weighted by Crippen LogP contribution is 2.47. The standard InChI is InChI=1S/C33H45ClN4O8/c1-10-18-16-33(18,29(41)44-9)37-27(39)22-14-19(45-23-15-24(43-8)35-25-20(23)12-11-13-21(25)34)17-38(22)28(40)26(31(2,3)4)36-30(42)46-32(5,6)7/h11-13,15,18-19,22,26H,10,14,16-17H2,1-9H3,(H,36,42)(H,37,39)/t18-,19-,22+,26-,33-/m1/s1. The van der Waals surface area contributed by atoms with Gasteiger partial charge in [-0.3, -0.25) is 9.59 Å². The molecular weight excluding hydrogens is 616 g/mol. The first-order valence-electron chi connectivity index (χ1n) is 15.4. The van der Waals surface area contributed by atoms with E-state index in [4.69, 9.17) is 30.5 Å². The average Bonchev–Trinajstić information content (AvgIpc) is 3.52. The predicted octanol–water partition coefficient (Wildman–Crippen LogP) is 4.64. The number of benzene rings is 1. The van der Waals surface area contributed by atoms with Crippen LogP contribution in [0.5, 0.6) is 11.6 Å². The molecule has 0 spiro atoms. The minimum atomic E-state index is -1.15. The zero-order valence-electron chi connectivity index (χ0n) is 28.0. The molecule has 3 amide bonds. The van der Waals surface area contributed by atoms with Gasteiger partial charge in [0, 0.05) is 17.9 Å². The fraction of sp³-hybridized carbons (Fsp3) is 0.606. The third kappa shape index (κ3) is 7.43. The molecule has 0 bridgehead atoms. The first-order chi connectivity index (χ1) is 21.4. The van der Waals surface area contributed by atoms with Crippen LogP contribution in [-0.2, 0) is 23.9 Å². The van der Waals surface area contributed by atoms with Crippen molar-refractivity contribution >= 4 is 46.4 Å². The molecule has 2 fully saturated rings. The number of fused-ring (bicyclic) bond motifs is 1. The van der Waals surface area contributed by atoms with Gasteiger partial charge in [0.15, 0.2) is 0 Å². The number of likely N-dealkylation sites (tertiary alicyclic amines) is 1. The Hall–Kier alpha value is -3.80. The molecule has 1 aromatic heterocycles. The maximum absolute atomic E-state index is 14.3. The van der Waals surface area contributed by atoms with Gasteiger partial charge < -0.3 is 34.5 Å². The molecule has 0 unspecified atom stereocenters. The van der Waals surface area contributed by atoms with Gasteiger partial charge in [-0.15, -0.1) is 0 Å². The number of esters is 1. The first kappa shape index (κ1) is 35.1. The van der Waals surface area contributed by atoms with Crippen molar-refractivity contribution in [1.29, 1.82) is 0 Å². The molecule has 46 heavy (non-hydrogen) atoms. The van der Waals surface area contributed by atoms with E-state index in [9.17, 15) is 19.2 Å². The maximum Gasteiger partial charge on any atom is 0.408 e. The van der Waals surface area contributed by atoms with Crippen molar-refractivity contribution in [3.8, 4) is 11.6 Å². The summed E-state index contributed by atoms with van der Waals surface area (Å²) in [5, 5.41) is 6.68. The van der Waals surface area contributed by atoms with E-state index in [0.29, 0.717) is 34.5 Å². The number of hydrogen-bond donors (Lipinski definition) is 2. The van der Waals surface area contributed by atoms with Gasteiger partial charge in [-0.1, -0.05) is 51.8 Å². The van der Waals surface area contributed by atoms with Crippen LogP contribution in [0.3, 0.4) is 0 Å². The van der Waals surface area contributed by atoms with E-state index in [2.05, 4.69) is 15.6 Å². The van der Waals surface area contributed by atoms with Gasteiger partial charge in [0.2, 0.25) is 17.7 Å². The molecule has 252 valence electrons. The molecule has 13 heteroatoms. The lowest BCUT2D eigenvalue weighted by Crippen LogP contribution is -2.59. The number of methoxy groups -OCH3 is 2. The first-order valence-corrected chi connectivity index (χ1v) is 15.8. The Morgan fingerprint density at radius 3 is 2.39 bits per heavy atom. The highest BCUT2D eigenvalue weighted by molar-refractivity contribution is 6.35. The predicted molar refractivity (Wildman–Crippen MR) is 172 cm³/mol. The van der Waals surface area contributed by atoms with Crippen LogP contribution in [0.4, 0.5) is 4.79 Å². The van der Waals surface area contributed by atoms with Gasteiger partial charge in [0.1, 0.15) is 35.1 Å². The zero-order valence-corrected chi connectivity index (χ0v) is 28.7. The van der Waals surface area contributed by atoms with Crippen molar-refractivity contribution in [2.75, 3.05) is 20.8 Å². The number of rotatable bonds is 9. The van der Waals surface area contributed by atoms with E-state index in [1.54, 1.807) is 39.0 Å². The molecule has 2 N–H and O–H groups in total. The molecule has 5 atom stereocenters. The highest BCUT2D eigenvalue weighted by Gasteiger charge is 2.62. The number of amides is 3. The van der Waals surface area contributed by atoms with Crippen LogP contribution in [0.25, 0.3) is 10.9 Å². The molecule has 1 saturated carbocycles. The Kier molecular flexibility index (Phi) is 10.0. The van der Waals surface area contributed by atoms with Gasteiger partial charge in [-0.05, 0) is 50.7 Å². The number of halogens is 1. The maximum atomic E-state index is 14.3. The highest BCUT2D eigenvalue weighted by atomic mass is 35.5. The summed E-state index contributed by atoms with van der Waals surface area (Å²) in [5.41, 5.74) is -2.22. The van der Waals surface area contributed by atoms with E-state index < -0.39 is 58.6 Å². The largest absolute Gasteiger partial charge is 0.488 e. The summed E-state index contributed by atoms with van der Waals surface area (Å²) in [6, 6.07) is 4.86. The summed E-state index contributed by atoms with van der Waals surface area (Å²) < 4.78 is 22.3. The topological polar surface area (TPSA) is 145 Å². The Labute approximate surface area is 274 Å². The Bertz CT molecular complexity index is 1500. The number of nitrogens with zero attached hydrogens (tertiary/aromatic N) is 2. The Morgan fingerprint density at radius 2 is 1.83 bits per heavy atom. The molecule has 12 nitrogen and oxygen atoms in total. The van der Waals surface area contributed by atoms with Crippen LogP contribution in [0.1, 0.15) is 67.7 Å². The van der Waals surface area contributed by atoms with Crippen molar-refractivity contribution in [2.24, 2.45) is 11.3 Å². The second-order valence-electron chi connectivity index (χ2n) is 14.0. The molecule has 1 saturated heterocycles. The summed E-state index contributed by atoms with van der Waals surface area (Å²) in [5.74, 6) is -0.905. The third-order valence-corrected chi connectivity index (χ3v) is 8.65. The van der Waals surface area contributed by atoms with Crippen molar-refractivity contribution in [3.63, 3.8) is 0 Å². The quantitative estimate of drug-likeness (QED) is 0.367. The average molecular weight is 661 g/mol. The van der Waals surface area contributed by atoms with E-state index >= 15 is 0 Å². The molecule has 0 radical (unpaired) electrons. The summed E-state index contributed by atoms with van der Waals surface area (Å²) >= 11 is 6.43. The van der Waals surface area contributed by atoms with Crippen LogP contribution in [0.2, 0.25) is 5.02 Å². The molecule has 1 aromatic carbocycles. The fourth-order valence-corrected chi connectivity index (χ4v) is 6.14. The Morgan fingerprint density at radius 1 is 1.13 bits per heavy atom. The number of pyridine rings is 1. The number of aromatic nitrogens is 1. The lowest BCUT2D eigenvalue weighted by Gasteiger charge is -2.36. The fourth-order valence-electron chi connectivity index (χ4n) is 5.92. The van der Waals surface area contributed by atoms with Gasteiger partial charge >= 0.3 is 12.1 Å². The normalized spacial score (nSPS) is 23.3. The molecule has 1 aliphatic heterocycles. The number of carbonyl (C=O) groups is 4. The number of carbonyl (C=O) groups excluding carboxylic acids is 4. The molecule has 2 aliphatic rings. The molecule has 4 rings (SSSR count). The van der Waals surface area contributed by atoms with E-state index in [-0.39, 0.29) is 24.8 Å². The van der Waals surface area contributed by atoms with E-state index in [0.717, 1.165) is 0 Å². The summed E-state index contributed by atoms with van der Waals surface area (Å²) in [4.78, 5) is 59.8. The van der Waals surface area contributed by atoms with Crippen LogP contribution in [0, 0.1) is 11.3 Å². The van der Waals surface area contributed by atoms with Crippen molar-refractivity contribution < 1.29 is 38.1 Å². The van der Waals surface area contributed by atoms with Crippen LogP contribution in [-0.4, -0.2) is 83.9 Å². The van der Waals surface area contributed by atoms with Crippen molar-refractivity contribution in [2.45, 2.75) is 97.1 Å². The van der Waals surface area contributed by atoms with Crippen molar-refractivity contribution in [3.05, 3.63) is 29.3 Å². The zero-order chi connectivity index (χ0) is 34.2. The number of ether oxygens (including phenoxy) is 4. The van der Waals surface area contributed by atoms with Gasteiger partial charge in [-0.25, -0.2) is 14.6 Å². The summed E-state index contributed by atoms with van der Waals surface area (Å²) in [7, 11) is 2.76. The summed E-state index contributed by atoms with van der Waals surface area (Å²) in [6.07, 6.45) is -0.181. The molecule has 2 aromatic rings. The third-order valence-electron chi connectivity index (χ3n) is 8.35. The number of para-hydroxylation sites is 1. The number of hydrogen-bond acceptors (Lipinski definition) is 9. The second kappa shape index (κ2) is 13.1. The number of alkyl carbamates (subject to hydrolysis) is 1. The SMILES string of the molecule is CC[C@@H]1C[C@]1(NC(=O)[C@@H]1C[C@@H](Oc2cc(OC)nc3c(Cl)cccc23)CN1C(=O)[C@@H](NC(=O)OC(C)(C)C)C(C)(C)C)C(=O)OC. The van der Waals surface area contributed by atoms with Crippen LogP contribution in [0.15, 0.2) is 24.3 Å². The van der Waals surface area contributed by atoms with Gasteiger partial charge in [0.05, 0.1) is 31.3 Å². The lowest BCUT2D eigenvalue weighted by atomic mass is 9.85. The van der Waals surface area contributed by atoms with Gasteiger partial charge in [-0.2, -0.15) is 0 Å². The minimum absolute atomic E-state index is 0.0224. The Balaban J connectivity index is 1.69. The second-order valence-corrected chi connectivity index (χ2v) is 14.4. The minimum Gasteiger partial charge on any atom is -0.488 e. The molecule has 1 aliphatic carbocycles. The van der Waals surface area contributed by atoms with Crippen LogP contribution >= 0.6 is 11.6 Å². The van der Waals surface area contributed by atoms with E-state index in [1.807, 2.05) is 33.8 Å². The molecule has 2 heterocycles. The lowest BCUT2D eigenvalue weighted by molar-refractivity contribution is -0.148. The number of nitrogens with one attached hydrogen (secondary N) is 2. The van der Waals surface area contributed by atoms with E-state index in [1.165, 1.54) is 19.1 Å². The van der Waals surface area contributed by atoms with Gasteiger partial charge in [0.25, 0.3) is 0 Å². The molecular formula is C33H45ClN4O8. The monoisotopic (exact) mass is 660 g/mol. The van der Waals surface area contributed by atoms with Crippen LogP contribution < -0.4 is 20.1 Å².